The number of imidazole rings is 1. The minimum Gasteiger partial charge on any atom is -0.334 e. The average molecular weight is 227 g/mol. The van der Waals surface area contributed by atoms with Crippen LogP contribution in [0.25, 0.3) is 0 Å². The van der Waals surface area contributed by atoms with E-state index in [9.17, 15) is 0 Å². The minimum atomic E-state index is 0.515. The van der Waals surface area contributed by atoms with Gasteiger partial charge < -0.3 is 9.88 Å². The van der Waals surface area contributed by atoms with Crippen LogP contribution in [0.2, 0.25) is 0 Å². The van der Waals surface area contributed by atoms with Gasteiger partial charge in [-0.25, -0.2) is 4.98 Å². The fourth-order valence-corrected chi connectivity index (χ4v) is 1.80. The second kappa shape index (κ2) is 6.90. The molecule has 0 aromatic carbocycles. The third-order valence-corrected chi connectivity index (χ3v) is 2.91. The summed E-state index contributed by atoms with van der Waals surface area (Å²) in [6, 6.07) is 0.515. The van der Waals surface area contributed by atoms with Gasteiger partial charge >= 0.3 is 0 Å². The molecule has 1 N–H and O–H groups in total. The van der Waals surface area contributed by atoms with Crippen LogP contribution in [-0.4, -0.2) is 27.6 Å². The zero-order valence-corrected chi connectivity index (χ0v) is 10.7. The molecule has 1 aromatic heterocycles. The highest BCUT2D eigenvalue weighted by molar-refractivity contribution is 7.98. The first kappa shape index (κ1) is 12.6. The van der Waals surface area contributed by atoms with Gasteiger partial charge in [-0.2, -0.15) is 11.8 Å². The van der Waals surface area contributed by atoms with Gasteiger partial charge in [0.15, 0.2) is 0 Å². The highest BCUT2D eigenvalue weighted by Gasteiger charge is 2.02. The molecule has 3 nitrogen and oxygen atoms in total. The van der Waals surface area contributed by atoms with Gasteiger partial charge in [-0.1, -0.05) is 13.8 Å². The van der Waals surface area contributed by atoms with E-state index in [0.717, 1.165) is 18.9 Å². The average Bonchev–Trinajstić information content (AvgIpc) is 2.63. The van der Waals surface area contributed by atoms with E-state index in [1.54, 1.807) is 0 Å². The van der Waals surface area contributed by atoms with Gasteiger partial charge in [0.2, 0.25) is 0 Å². The molecule has 1 aromatic rings. The summed E-state index contributed by atoms with van der Waals surface area (Å²) in [5.74, 6) is 2.36. The Morgan fingerprint density at radius 3 is 3.00 bits per heavy atom. The summed E-state index contributed by atoms with van der Waals surface area (Å²) < 4.78 is 2.24. The van der Waals surface area contributed by atoms with Gasteiger partial charge in [0.05, 0.1) is 6.54 Å². The maximum absolute atomic E-state index is 4.36. The molecule has 0 aliphatic rings. The molecule has 0 spiro atoms. The van der Waals surface area contributed by atoms with E-state index in [0.29, 0.717) is 6.04 Å². The topological polar surface area (TPSA) is 29.9 Å². The van der Waals surface area contributed by atoms with Gasteiger partial charge in [0.1, 0.15) is 5.82 Å². The maximum Gasteiger partial charge on any atom is 0.122 e. The molecule has 0 radical (unpaired) electrons. The van der Waals surface area contributed by atoms with Crippen LogP contribution in [0.15, 0.2) is 12.4 Å². The summed E-state index contributed by atoms with van der Waals surface area (Å²) in [5.41, 5.74) is 0. The van der Waals surface area contributed by atoms with Crippen molar-refractivity contribution in [1.82, 2.24) is 14.9 Å². The monoisotopic (exact) mass is 227 g/mol. The second-order valence-electron chi connectivity index (χ2n) is 3.92. The molecule has 1 rings (SSSR count). The number of nitrogens with one attached hydrogen (secondary N) is 1. The first-order chi connectivity index (χ1) is 7.24. The molecule has 0 fully saturated rings. The van der Waals surface area contributed by atoms with Crippen LogP contribution in [0, 0.1) is 0 Å². The Morgan fingerprint density at radius 2 is 2.33 bits per heavy atom. The van der Waals surface area contributed by atoms with Crippen molar-refractivity contribution in [3.8, 4) is 0 Å². The van der Waals surface area contributed by atoms with Crippen LogP contribution in [0.3, 0.4) is 0 Å². The number of nitrogens with zero attached hydrogens (tertiary/aromatic N) is 2. The lowest BCUT2D eigenvalue weighted by molar-refractivity contribution is 0.542. The van der Waals surface area contributed by atoms with E-state index in [4.69, 9.17) is 0 Å². The van der Waals surface area contributed by atoms with Crippen LogP contribution >= 0.6 is 11.8 Å². The quantitative estimate of drug-likeness (QED) is 0.724. The van der Waals surface area contributed by atoms with Crippen molar-refractivity contribution in [2.75, 3.05) is 12.0 Å². The molecule has 0 atom stereocenters. The lowest BCUT2D eigenvalue weighted by Crippen LogP contribution is -2.24. The largest absolute Gasteiger partial charge is 0.334 e. The van der Waals surface area contributed by atoms with Crippen molar-refractivity contribution >= 4 is 11.8 Å². The Balaban J connectivity index is 2.39. The molecular formula is C11H21N3S. The van der Waals surface area contributed by atoms with Gasteiger partial charge in [-0.3, -0.25) is 0 Å². The van der Waals surface area contributed by atoms with Gasteiger partial charge in [-0.15, -0.1) is 0 Å². The Morgan fingerprint density at radius 1 is 1.53 bits per heavy atom. The molecule has 0 aliphatic heterocycles. The number of aryl methyl sites for hydroxylation is 1. The van der Waals surface area contributed by atoms with Crippen molar-refractivity contribution < 1.29 is 0 Å². The minimum absolute atomic E-state index is 0.515. The second-order valence-corrected chi connectivity index (χ2v) is 4.90. The standard InChI is InChI=1S/C11H21N3S/c1-10(2)13-9-11-12-5-7-14(11)6-4-8-15-3/h5,7,10,13H,4,6,8-9H2,1-3H3. The molecule has 0 aliphatic carbocycles. The molecule has 0 saturated carbocycles. The summed E-state index contributed by atoms with van der Waals surface area (Å²) in [7, 11) is 0. The zero-order valence-electron chi connectivity index (χ0n) is 9.86. The molecule has 86 valence electrons. The summed E-state index contributed by atoms with van der Waals surface area (Å²) in [4.78, 5) is 4.36. The third kappa shape index (κ3) is 4.71. The van der Waals surface area contributed by atoms with E-state index in [-0.39, 0.29) is 0 Å². The molecule has 1 heterocycles. The van der Waals surface area contributed by atoms with Crippen molar-refractivity contribution in [2.45, 2.75) is 39.4 Å². The van der Waals surface area contributed by atoms with Crippen LogP contribution < -0.4 is 5.32 Å². The fourth-order valence-electron chi connectivity index (χ4n) is 1.39. The predicted molar refractivity (Wildman–Crippen MR) is 67.2 cm³/mol. The van der Waals surface area contributed by atoms with Crippen LogP contribution in [0.5, 0.6) is 0 Å². The first-order valence-electron chi connectivity index (χ1n) is 5.46. The zero-order chi connectivity index (χ0) is 11.1. The van der Waals surface area contributed by atoms with E-state index in [1.807, 2.05) is 18.0 Å². The molecule has 4 heteroatoms. The number of thioether (sulfide) groups is 1. The number of aromatic nitrogens is 2. The fraction of sp³-hybridized carbons (Fsp3) is 0.727. The molecular weight excluding hydrogens is 206 g/mol. The van der Waals surface area contributed by atoms with Gasteiger partial charge in [0, 0.05) is 25.0 Å². The van der Waals surface area contributed by atoms with Gasteiger partial charge in [-0.05, 0) is 18.4 Å². The number of hydrogen-bond acceptors (Lipinski definition) is 3. The highest BCUT2D eigenvalue weighted by atomic mass is 32.2. The molecule has 0 amide bonds. The van der Waals surface area contributed by atoms with Crippen LogP contribution in [0.1, 0.15) is 26.1 Å². The smallest absolute Gasteiger partial charge is 0.122 e. The Kier molecular flexibility index (Phi) is 5.79. The predicted octanol–water partition coefficient (Wildman–Crippen LogP) is 2.13. The summed E-state index contributed by atoms with van der Waals surface area (Å²) in [6.07, 6.45) is 7.31. The van der Waals surface area contributed by atoms with Crippen molar-refractivity contribution in [3.63, 3.8) is 0 Å². The van der Waals surface area contributed by atoms with E-state index in [2.05, 4.69) is 41.2 Å². The molecule has 0 saturated heterocycles. The summed E-state index contributed by atoms with van der Waals surface area (Å²) >= 11 is 1.90. The Bertz CT molecular complexity index is 271. The highest BCUT2D eigenvalue weighted by Crippen LogP contribution is 2.03. The van der Waals surface area contributed by atoms with Crippen LogP contribution in [0.4, 0.5) is 0 Å². The van der Waals surface area contributed by atoms with E-state index >= 15 is 0 Å². The van der Waals surface area contributed by atoms with Crippen LogP contribution in [-0.2, 0) is 13.1 Å². The lowest BCUT2D eigenvalue weighted by atomic mass is 10.4. The summed E-state index contributed by atoms with van der Waals surface area (Å²) in [5, 5.41) is 3.39. The summed E-state index contributed by atoms with van der Waals surface area (Å²) in [6.45, 7) is 6.25. The number of hydrogen-bond donors (Lipinski definition) is 1. The van der Waals surface area contributed by atoms with Crippen molar-refractivity contribution in [1.29, 1.82) is 0 Å². The lowest BCUT2D eigenvalue weighted by Gasteiger charge is -2.10. The molecule has 0 bridgehead atoms. The van der Waals surface area contributed by atoms with E-state index < -0.39 is 0 Å². The first-order valence-corrected chi connectivity index (χ1v) is 6.85. The number of rotatable bonds is 7. The Labute approximate surface area is 96.7 Å². The van der Waals surface area contributed by atoms with Crippen molar-refractivity contribution in [2.24, 2.45) is 0 Å². The van der Waals surface area contributed by atoms with E-state index in [1.165, 1.54) is 12.2 Å². The Hall–Kier alpha value is -0.480. The molecule has 15 heavy (non-hydrogen) atoms. The van der Waals surface area contributed by atoms with Gasteiger partial charge in [0.25, 0.3) is 0 Å². The molecule has 0 unspecified atom stereocenters. The SMILES string of the molecule is CSCCCn1ccnc1CNC(C)C. The third-order valence-electron chi connectivity index (χ3n) is 2.22. The maximum atomic E-state index is 4.36. The normalized spacial score (nSPS) is 11.2. The van der Waals surface area contributed by atoms with Crippen molar-refractivity contribution in [3.05, 3.63) is 18.2 Å².